The van der Waals surface area contributed by atoms with Crippen molar-refractivity contribution in [3.05, 3.63) is 60.4 Å². The summed E-state index contributed by atoms with van der Waals surface area (Å²) in [5.74, 6) is -1.08. The van der Waals surface area contributed by atoms with Crippen molar-refractivity contribution in [2.75, 3.05) is 24.5 Å². The molecular weight excluding hydrogens is 367 g/mol. The molecule has 1 N–H and O–H groups in total. The van der Waals surface area contributed by atoms with Gasteiger partial charge >= 0.3 is 0 Å². The van der Waals surface area contributed by atoms with Crippen LogP contribution in [0.25, 0.3) is 0 Å². The molecule has 0 radical (unpaired) electrons. The first-order valence-electron chi connectivity index (χ1n) is 8.93. The molecule has 0 saturated heterocycles. The number of nitrogens with zero attached hydrogens (tertiary/aromatic N) is 1. The van der Waals surface area contributed by atoms with Crippen molar-refractivity contribution in [3.8, 4) is 0 Å². The van der Waals surface area contributed by atoms with Gasteiger partial charge in [-0.1, -0.05) is 18.2 Å². The van der Waals surface area contributed by atoms with Crippen molar-refractivity contribution in [2.45, 2.75) is 30.4 Å². The Morgan fingerprint density at radius 1 is 1.11 bits per heavy atom. The number of nitrogens with one attached hydrogen (secondary N) is 1. The lowest BCUT2D eigenvalue weighted by atomic mass is 10.2. The maximum Gasteiger partial charge on any atom is 0.238 e. The number of amides is 1. The number of sulfone groups is 1. The monoisotopic (exact) mass is 392 g/mol. The van der Waals surface area contributed by atoms with E-state index in [0.717, 1.165) is 30.9 Å². The topological polar surface area (TPSA) is 66.5 Å². The molecule has 0 aliphatic rings. The number of carbonyl (C=O) groups is 1. The molecule has 1 atom stereocenters. The Morgan fingerprint density at radius 2 is 1.74 bits per heavy atom. The average Bonchev–Trinajstić information content (AvgIpc) is 2.68. The van der Waals surface area contributed by atoms with Crippen LogP contribution < -0.4 is 10.2 Å². The third-order valence-electron chi connectivity index (χ3n) is 4.38. The van der Waals surface area contributed by atoms with E-state index in [4.69, 9.17) is 0 Å². The molecule has 0 unspecified atom stereocenters. The SMILES string of the molecule is CCN(CCCNC(=O)[C@H](C)S(=O)(=O)c1ccc(F)cc1)c1ccccc1. The van der Waals surface area contributed by atoms with Gasteiger partial charge in [0.2, 0.25) is 5.91 Å². The highest BCUT2D eigenvalue weighted by Crippen LogP contribution is 2.17. The molecule has 5 nitrogen and oxygen atoms in total. The fraction of sp³-hybridized carbons (Fsp3) is 0.350. The maximum absolute atomic E-state index is 13.0. The quantitative estimate of drug-likeness (QED) is 0.526. The van der Waals surface area contributed by atoms with Crippen LogP contribution in [-0.2, 0) is 14.6 Å². The highest BCUT2D eigenvalue weighted by atomic mass is 32.2. The molecule has 7 heteroatoms. The summed E-state index contributed by atoms with van der Waals surface area (Å²) < 4.78 is 37.9. The average molecular weight is 392 g/mol. The number of benzene rings is 2. The van der Waals surface area contributed by atoms with Crippen LogP contribution in [0.3, 0.4) is 0 Å². The van der Waals surface area contributed by atoms with Gasteiger partial charge in [0.05, 0.1) is 4.90 Å². The van der Waals surface area contributed by atoms with Crippen LogP contribution in [-0.4, -0.2) is 39.2 Å². The lowest BCUT2D eigenvalue weighted by Gasteiger charge is -2.23. The molecule has 0 spiro atoms. The minimum Gasteiger partial charge on any atom is -0.372 e. The summed E-state index contributed by atoms with van der Waals surface area (Å²) in [6.07, 6.45) is 0.692. The lowest BCUT2D eigenvalue weighted by molar-refractivity contribution is -0.120. The molecule has 146 valence electrons. The van der Waals surface area contributed by atoms with Crippen molar-refractivity contribution in [1.29, 1.82) is 0 Å². The summed E-state index contributed by atoms with van der Waals surface area (Å²) in [6, 6.07) is 14.4. The fourth-order valence-corrected chi connectivity index (χ4v) is 3.99. The zero-order chi connectivity index (χ0) is 19.9. The van der Waals surface area contributed by atoms with Crippen molar-refractivity contribution in [3.63, 3.8) is 0 Å². The molecular formula is C20H25FN2O3S. The van der Waals surface area contributed by atoms with Crippen LogP contribution in [0.1, 0.15) is 20.3 Å². The van der Waals surface area contributed by atoms with E-state index in [9.17, 15) is 17.6 Å². The van der Waals surface area contributed by atoms with Crippen LogP contribution in [0.4, 0.5) is 10.1 Å². The molecule has 2 rings (SSSR count). The van der Waals surface area contributed by atoms with Gasteiger partial charge < -0.3 is 10.2 Å². The summed E-state index contributed by atoms with van der Waals surface area (Å²) in [4.78, 5) is 14.4. The highest BCUT2D eigenvalue weighted by Gasteiger charge is 2.29. The largest absolute Gasteiger partial charge is 0.372 e. The van der Waals surface area contributed by atoms with Gasteiger partial charge in [0.15, 0.2) is 9.84 Å². The summed E-state index contributed by atoms with van der Waals surface area (Å²) in [6.45, 7) is 5.37. The first-order valence-corrected chi connectivity index (χ1v) is 10.5. The Morgan fingerprint density at radius 3 is 2.33 bits per heavy atom. The molecule has 2 aromatic carbocycles. The van der Waals surface area contributed by atoms with Crippen LogP contribution in [0.5, 0.6) is 0 Å². The van der Waals surface area contributed by atoms with E-state index in [1.165, 1.54) is 19.1 Å². The number of anilines is 1. The molecule has 0 bridgehead atoms. The Hall–Kier alpha value is -2.41. The van der Waals surface area contributed by atoms with E-state index in [1.807, 2.05) is 30.3 Å². The third kappa shape index (κ3) is 5.53. The van der Waals surface area contributed by atoms with E-state index >= 15 is 0 Å². The van der Waals surface area contributed by atoms with Crippen molar-refractivity contribution < 1.29 is 17.6 Å². The van der Waals surface area contributed by atoms with Crippen molar-refractivity contribution in [2.24, 2.45) is 0 Å². The second kappa shape index (κ2) is 9.50. The first kappa shape index (κ1) is 20.9. The van der Waals surface area contributed by atoms with Gasteiger partial charge in [-0.05, 0) is 56.7 Å². The number of hydrogen-bond donors (Lipinski definition) is 1. The predicted octanol–water partition coefficient (Wildman–Crippen LogP) is 3.02. The fourth-order valence-electron chi connectivity index (χ4n) is 2.70. The summed E-state index contributed by atoms with van der Waals surface area (Å²) in [5.41, 5.74) is 1.11. The number of rotatable bonds is 9. The molecule has 0 aromatic heterocycles. The Bertz CT molecular complexity index is 839. The standard InChI is InChI=1S/C20H25FN2O3S/c1-3-23(18-8-5-4-6-9-18)15-7-14-22-20(24)16(2)27(25,26)19-12-10-17(21)11-13-19/h4-6,8-13,16H,3,7,14-15H2,1-2H3,(H,22,24)/t16-/m0/s1. The van der Waals surface area contributed by atoms with Gasteiger partial charge in [-0.25, -0.2) is 12.8 Å². The van der Waals surface area contributed by atoms with Crippen molar-refractivity contribution in [1.82, 2.24) is 5.32 Å². The van der Waals surface area contributed by atoms with Gasteiger partial charge in [-0.3, -0.25) is 4.79 Å². The molecule has 0 aliphatic heterocycles. The summed E-state index contributed by atoms with van der Waals surface area (Å²) in [7, 11) is -3.85. The van der Waals surface area contributed by atoms with Gasteiger partial charge in [0.25, 0.3) is 0 Å². The number of para-hydroxylation sites is 1. The Labute approximate surface area is 160 Å². The molecule has 0 fully saturated rings. The second-order valence-electron chi connectivity index (χ2n) is 6.20. The zero-order valence-corrected chi connectivity index (χ0v) is 16.4. The van der Waals surface area contributed by atoms with Crippen LogP contribution in [0, 0.1) is 5.82 Å². The minimum absolute atomic E-state index is 0.0622. The summed E-state index contributed by atoms with van der Waals surface area (Å²) in [5, 5.41) is 1.45. The van der Waals surface area contributed by atoms with Crippen LogP contribution in [0.2, 0.25) is 0 Å². The Balaban J connectivity index is 1.86. The van der Waals surface area contributed by atoms with Gasteiger partial charge in [0, 0.05) is 25.3 Å². The molecule has 0 heterocycles. The number of hydrogen-bond acceptors (Lipinski definition) is 4. The number of halogens is 1. The van der Waals surface area contributed by atoms with E-state index in [-0.39, 0.29) is 4.90 Å². The summed E-state index contributed by atoms with van der Waals surface area (Å²) >= 11 is 0. The first-order chi connectivity index (χ1) is 12.9. The molecule has 1 amide bonds. The highest BCUT2D eigenvalue weighted by molar-refractivity contribution is 7.92. The smallest absolute Gasteiger partial charge is 0.238 e. The van der Waals surface area contributed by atoms with E-state index in [1.54, 1.807) is 0 Å². The number of carbonyl (C=O) groups excluding carboxylic acids is 1. The lowest BCUT2D eigenvalue weighted by Crippen LogP contribution is -2.39. The molecule has 0 aliphatic carbocycles. The second-order valence-corrected chi connectivity index (χ2v) is 8.47. The third-order valence-corrected chi connectivity index (χ3v) is 6.46. The Kier molecular flexibility index (Phi) is 7.36. The van der Waals surface area contributed by atoms with Crippen molar-refractivity contribution >= 4 is 21.4 Å². The van der Waals surface area contributed by atoms with Gasteiger partial charge in [0.1, 0.15) is 11.1 Å². The van der Waals surface area contributed by atoms with Crippen LogP contribution in [0.15, 0.2) is 59.5 Å². The van der Waals surface area contributed by atoms with Gasteiger partial charge in [-0.2, -0.15) is 0 Å². The van der Waals surface area contributed by atoms with E-state index in [0.29, 0.717) is 13.0 Å². The van der Waals surface area contributed by atoms with Gasteiger partial charge in [-0.15, -0.1) is 0 Å². The minimum atomic E-state index is -3.85. The molecule has 0 saturated carbocycles. The van der Waals surface area contributed by atoms with E-state index in [2.05, 4.69) is 17.1 Å². The van der Waals surface area contributed by atoms with Crippen LogP contribution >= 0.6 is 0 Å². The zero-order valence-electron chi connectivity index (χ0n) is 15.6. The molecule has 27 heavy (non-hydrogen) atoms. The normalized spacial score (nSPS) is 12.4. The molecule has 2 aromatic rings. The maximum atomic E-state index is 13.0. The van der Waals surface area contributed by atoms with E-state index < -0.39 is 26.8 Å². The predicted molar refractivity (Wildman–Crippen MR) is 105 cm³/mol.